The molecule has 1 aliphatic rings. The van der Waals surface area contributed by atoms with Crippen LogP contribution in [-0.4, -0.2) is 15.9 Å². The number of amides is 1. The van der Waals surface area contributed by atoms with Gasteiger partial charge < -0.3 is 11.1 Å². The maximum absolute atomic E-state index is 12.3. The summed E-state index contributed by atoms with van der Waals surface area (Å²) in [5.74, 6) is -0.127. The molecule has 0 spiro atoms. The quantitative estimate of drug-likeness (QED) is 0.840. The number of hydrogen-bond donors (Lipinski definition) is 2. The largest absolute Gasteiger partial charge is 0.392 e. The highest BCUT2D eigenvalue weighted by Crippen LogP contribution is 2.47. The van der Waals surface area contributed by atoms with Gasteiger partial charge in [-0.1, -0.05) is 30.4 Å². The summed E-state index contributed by atoms with van der Waals surface area (Å²) in [6, 6.07) is 9.51. The second kappa shape index (κ2) is 4.28. The van der Waals surface area contributed by atoms with E-state index in [1.807, 2.05) is 30.3 Å². The fraction of sp³-hybridized carbons (Fsp3) is 0.214. The summed E-state index contributed by atoms with van der Waals surface area (Å²) in [5, 5.41) is 3.89. The topological polar surface area (TPSA) is 68.0 Å². The molecule has 0 radical (unpaired) electrons. The lowest BCUT2D eigenvalue weighted by Crippen LogP contribution is -2.35. The van der Waals surface area contributed by atoms with Crippen LogP contribution in [0, 0.1) is 5.41 Å². The van der Waals surface area contributed by atoms with Crippen LogP contribution in [0.1, 0.15) is 12.8 Å². The van der Waals surface area contributed by atoms with Crippen LogP contribution in [0.25, 0.3) is 10.9 Å². The maximum atomic E-state index is 12.3. The third-order valence-electron chi connectivity index (χ3n) is 3.54. The first-order valence-corrected chi connectivity index (χ1v) is 6.49. The minimum absolute atomic E-state index is 0.127. The van der Waals surface area contributed by atoms with Crippen LogP contribution < -0.4 is 11.1 Å². The third kappa shape index (κ3) is 1.96. The first-order valence-electron chi connectivity index (χ1n) is 6.09. The van der Waals surface area contributed by atoms with E-state index in [0.717, 1.165) is 23.7 Å². The van der Waals surface area contributed by atoms with Gasteiger partial charge in [0.15, 0.2) is 0 Å². The van der Waals surface area contributed by atoms with E-state index in [1.54, 1.807) is 6.20 Å². The van der Waals surface area contributed by atoms with Crippen LogP contribution in [-0.2, 0) is 4.79 Å². The number of fused-ring (bicyclic) bond motifs is 1. The smallest absolute Gasteiger partial charge is 0.237 e. The van der Waals surface area contributed by atoms with Crippen molar-refractivity contribution in [2.45, 2.75) is 12.8 Å². The van der Waals surface area contributed by atoms with E-state index in [-0.39, 0.29) is 10.9 Å². The van der Waals surface area contributed by atoms with Gasteiger partial charge in [-0.25, -0.2) is 0 Å². The fourth-order valence-corrected chi connectivity index (χ4v) is 2.45. The Bertz CT molecular complexity index is 674. The number of carbonyl (C=O) groups is 1. The van der Waals surface area contributed by atoms with Crippen molar-refractivity contribution in [3.05, 3.63) is 36.5 Å². The number of hydrogen-bond acceptors (Lipinski definition) is 3. The van der Waals surface area contributed by atoms with Gasteiger partial charge >= 0.3 is 0 Å². The van der Waals surface area contributed by atoms with Crippen molar-refractivity contribution in [3.8, 4) is 0 Å². The van der Waals surface area contributed by atoms with Crippen LogP contribution in [0.15, 0.2) is 36.5 Å². The summed E-state index contributed by atoms with van der Waals surface area (Å²) in [4.78, 5) is 16.9. The predicted molar refractivity (Wildman–Crippen MR) is 78.8 cm³/mol. The van der Waals surface area contributed by atoms with Gasteiger partial charge in [-0.2, -0.15) is 0 Å². The lowest BCUT2D eigenvalue weighted by Gasteiger charge is -2.14. The molecular weight excluding hydrogens is 258 g/mol. The molecular formula is C14H13N3OS. The molecule has 0 aliphatic heterocycles. The molecule has 1 amide bonds. The highest BCUT2D eigenvalue weighted by atomic mass is 32.1. The van der Waals surface area contributed by atoms with Crippen molar-refractivity contribution >= 4 is 39.7 Å². The zero-order chi connectivity index (χ0) is 13.5. The van der Waals surface area contributed by atoms with Gasteiger partial charge in [0.1, 0.15) is 0 Å². The summed E-state index contributed by atoms with van der Waals surface area (Å²) in [5.41, 5.74) is 6.48. The molecule has 1 aromatic heterocycles. The molecule has 0 unspecified atom stereocenters. The number of rotatable bonds is 3. The summed E-state index contributed by atoms with van der Waals surface area (Å²) < 4.78 is 0. The van der Waals surface area contributed by atoms with Gasteiger partial charge in [0.05, 0.1) is 21.6 Å². The van der Waals surface area contributed by atoms with Gasteiger partial charge in [0, 0.05) is 11.6 Å². The van der Waals surface area contributed by atoms with Crippen molar-refractivity contribution in [1.29, 1.82) is 0 Å². The Hall–Kier alpha value is -2.01. The number of carbonyl (C=O) groups excluding carboxylic acids is 1. The van der Waals surface area contributed by atoms with Gasteiger partial charge in [-0.3, -0.25) is 9.78 Å². The second-order valence-electron chi connectivity index (χ2n) is 4.78. The molecule has 0 bridgehead atoms. The molecule has 1 aliphatic carbocycles. The monoisotopic (exact) mass is 271 g/mol. The molecule has 3 N–H and O–H groups in total. The fourth-order valence-electron chi connectivity index (χ4n) is 2.16. The average molecular weight is 271 g/mol. The third-order valence-corrected chi connectivity index (χ3v) is 3.93. The number of benzene rings is 1. The van der Waals surface area contributed by atoms with Gasteiger partial charge in [0.25, 0.3) is 0 Å². The molecule has 1 fully saturated rings. The summed E-state index contributed by atoms with van der Waals surface area (Å²) in [6.07, 6.45) is 3.16. The highest BCUT2D eigenvalue weighted by Gasteiger charge is 2.52. The van der Waals surface area contributed by atoms with Gasteiger partial charge in [0.2, 0.25) is 5.91 Å². The van der Waals surface area contributed by atoms with Crippen molar-refractivity contribution in [2.75, 3.05) is 5.32 Å². The molecule has 1 heterocycles. The van der Waals surface area contributed by atoms with E-state index in [1.165, 1.54) is 0 Å². The molecule has 5 heteroatoms. The molecule has 19 heavy (non-hydrogen) atoms. The number of aromatic nitrogens is 1. The molecule has 2 aromatic rings. The van der Waals surface area contributed by atoms with Crippen LogP contribution in [0.5, 0.6) is 0 Å². The maximum Gasteiger partial charge on any atom is 0.237 e. The number of nitrogens with two attached hydrogens (primary N) is 1. The Kier molecular flexibility index (Phi) is 2.71. The van der Waals surface area contributed by atoms with Crippen molar-refractivity contribution < 1.29 is 4.79 Å². The van der Waals surface area contributed by atoms with E-state index < -0.39 is 5.41 Å². The van der Waals surface area contributed by atoms with Crippen LogP contribution in [0.4, 0.5) is 5.69 Å². The summed E-state index contributed by atoms with van der Waals surface area (Å²) in [6.45, 7) is 0. The minimum Gasteiger partial charge on any atom is -0.392 e. The van der Waals surface area contributed by atoms with Crippen molar-refractivity contribution in [3.63, 3.8) is 0 Å². The normalized spacial score (nSPS) is 16.0. The molecule has 0 saturated heterocycles. The highest BCUT2D eigenvalue weighted by molar-refractivity contribution is 7.80. The number of anilines is 1. The second-order valence-corrected chi connectivity index (χ2v) is 5.22. The number of thiocarbonyl (C=S) groups is 1. The Balaban J connectivity index is 1.94. The zero-order valence-electron chi connectivity index (χ0n) is 10.2. The predicted octanol–water partition coefficient (Wildman–Crippen LogP) is 2.24. The minimum atomic E-state index is -0.647. The molecule has 3 rings (SSSR count). The van der Waals surface area contributed by atoms with E-state index in [0.29, 0.717) is 5.69 Å². The molecule has 4 nitrogen and oxygen atoms in total. The molecule has 1 saturated carbocycles. The lowest BCUT2D eigenvalue weighted by atomic mass is 10.1. The van der Waals surface area contributed by atoms with E-state index >= 15 is 0 Å². The van der Waals surface area contributed by atoms with Crippen molar-refractivity contribution in [1.82, 2.24) is 4.98 Å². The number of nitrogens with one attached hydrogen (secondary N) is 1. The van der Waals surface area contributed by atoms with Gasteiger partial charge in [-0.05, 0) is 25.0 Å². The molecule has 0 atom stereocenters. The standard InChI is InChI=1S/C14H13N3OS/c15-12(19)14(6-7-14)13(18)17-10-5-1-3-9-4-2-8-16-11(9)10/h1-5,8H,6-7H2,(H2,15,19)(H,17,18). The lowest BCUT2D eigenvalue weighted by molar-refractivity contribution is -0.118. The van der Waals surface area contributed by atoms with Crippen LogP contribution >= 0.6 is 12.2 Å². The SMILES string of the molecule is NC(=S)C1(C(=O)Nc2cccc3cccnc23)CC1. The Morgan fingerprint density at radius 3 is 2.74 bits per heavy atom. The van der Waals surface area contributed by atoms with Crippen LogP contribution in [0.3, 0.4) is 0 Å². The molecule has 96 valence electrons. The number of nitrogens with zero attached hydrogens (tertiary/aromatic N) is 1. The summed E-state index contributed by atoms with van der Waals surface area (Å²) in [7, 11) is 0. The van der Waals surface area contributed by atoms with E-state index in [9.17, 15) is 4.79 Å². The summed E-state index contributed by atoms with van der Waals surface area (Å²) >= 11 is 4.98. The van der Waals surface area contributed by atoms with E-state index in [2.05, 4.69) is 10.3 Å². The van der Waals surface area contributed by atoms with E-state index in [4.69, 9.17) is 18.0 Å². The Morgan fingerprint density at radius 1 is 1.32 bits per heavy atom. The van der Waals surface area contributed by atoms with Crippen LogP contribution in [0.2, 0.25) is 0 Å². The molecule has 1 aromatic carbocycles. The average Bonchev–Trinajstić information content (AvgIpc) is 3.20. The number of para-hydroxylation sites is 1. The first-order chi connectivity index (χ1) is 9.13. The first kappa shape index (κ1) is 12.0. The Morgan fingerprint density at radius 2 is 2.05 bits per heavy atom. The zero-order valence-corrected chi connectivity index (χ0v) is 11.0. The number of pyridine rings is 1. The van der Waals surface area contributed by atoms with Gasteiger partial charge in [-0.15, -0.1) is 0 Å². The Labute approximate surface area is 116 Å². The van der Waals surface area contributed by atoms with Crippen molar-refractivity contribution in [2.24, 2.45) is 11.1 Å².